The van der Waals surface area contributed by atoms with Gasteiger partial charge in [-0.2, -0.15) is 0 Å². The Hall–Kier alpha value is -3.45. The monoisotopic (exact) mass is 458 g/mol. The van der Waals surface area contributed by atoms with Crippen LogP contribution in [0.2, 0.25) is 0 Å². The van der Waals surface area contributed by atoms with Crippen LogP contribution in [0.15, 0.2) is 73.2 Å². The Morgan fingerprint density at radius 2 is 1.88 bits per heavy atom. The highest BCUT2D eigenvalue weighted by atomic mass is 16.6. The minimum absolute atomic E-state index is 0.285. The Balaban J connectivity index is 1.44. The van der Waals surface area contributed by atoms with Gasteiger partial charge in [0.2, 0.25) is 0 Å². The highest BCUT2D eigenvalue weighted by Gasteiger charge is 2.63. The van der Waals surface area contributed by atoms with Gasteiger partial charge in [0.15, 0.2) is 0 Å². The van der Waals surface area contributed by atoms with E-state index < -0.39 is 11.1 Å². The molecule has 4 heterocycles. The minimum atomic E-state index is -0.654. The highest BCUT2D eigenvalue weighted by molar-refractivity contribution is 5.73. The fourth-order valence-corrected chi connectivity index (χ4v) is 5.38. The van der Waals surface area contributed by atoms with Gasteiger partial charge in [0.1, 0.15) is 16.9 Å². The van der Waals surface area contributed by atoms with E-state index in [1.165, 1.54) is 0 Å². The first-order chi connectivity index (χ1) is 16.5. The van der Waals surface area contributed by atoms with Crippen LogP contribution in [0.5, 0.6) is 5.75 Å². The zero-order valence-electron chi connectivity index (χ0n) is 19.7. The van der Waals surface area contributed by atoms with Gasteiger partial charge in [0.25, 0.3) is 0 Å². The number of carbonyl (C=O) groups excluding carboxylic acids is 1. The van der Waals surface area contributed by atoms with Crippen LogP contribution in [0.25, 0.3) is 0 Å². The number of benzene rings is 1. The average Bonchev–Trinajstić information content (AvgIpc) is 3.08. The second-order valence-corrected chi connectivity index (χ2v) is 9.21. The summed E-state index contributed by atoms with van der Waals surface area (Å²) in [6.07, 6.45) is 6.65. The first-order valence-corrected chi connectivity index (χ1v) is 11.7. The second-order valence-electron chi connectivity index (χ2n) is 9.21. The number of methoxy groups -OCH3 is 1. The number of nitrogens with zero attached hydrogens (tertiary/aromatic N) is 4. The molecule has 0 radical (unpaired) electrons. The lowest BCUT2D eigenvalue weighted by molar-refractivity contribution is -0.0616. The zero-order chi connectivity index (χ0) is 23.6. The number of amides is 1. The van der Waals surface area contributed by atoms with Crippen LogP contribution in [-0.2, 0) is 23.4 Å². The quantitative estimate of drug-likeness (QED) is 0.546. The van der Waals surface area contributed by atoms with E-state index >= 15 is 0 Å². The van der Waals surface area contributed by atoms with Crippen LogP contribution in [0.4, 0.5) is 4.79 Å². The number of likely N-dealkylation sites (tertiary alicyclic amines) is 1. The predicted octanol–water partition coefficient (Wildman–Crippen LogP) is 4.39. The minimum Gasteiger partial charge on any atom is -0.497 e. The molecule has 0 bridgehead atoms. The van der Waals surface area contributed by atoms with Gasteiger partial charge < -0.3 is 9.47 Å². The molecule has 3 aromatic rings. The first-order valence-electron chi connectivity index (χ1n) is 11.7. The lowest BCUT2D eigenvalue weighted by Gasteiger charge is -2.48. The molecule has 34 heavy (non-hydrogen) atoms. The molecule has 5 rings (SSSR count). The van der Waals surface area contributed by atoms with Crippen molar-refractivity contribution in [3.8, 4) is 5.75 Å². The maximum absolute atomic E-state index is 13.4. The SMILES string of the molecule is COc1cccc(CN2C(=O)OC3(CCN(Cc4ccccn4)CC3)C2(C)c2cccnc2)c1. The maximum atomic E-state index is 13.4. The van der Waals surface area contributed by atoms with Crippen LogP contribution in [0, 0.1) is 0 Å². The van der Waals surface area contributed by atoms with Gasteiger partial charge in [-0.15, -0.1) is 0 Å². The summed E-state index contributed by atoms with van der Waals surface area (Å²) in [6, 6.07) is 17.8. The summed E-state index contributed by atoms with van der Waals surface area (Å²) in [5, 5.41) is 0. The van der Waals surface area contributed by atoms with E-state index in [-0.39, 0.29) is 6.09 Å². The van der Waals surface area contributed by atoms with E-state index in [9.17, 15) is 4.79 Å². The van der Waals surface area contributed by atoms with Crippen LogP contribution >= 0.6 is 0 Å². The van der Waals surface area contributed by atoms with Gasteiger partial charge in [-0.3, -0.25) is 19.8 Å². The fourth-order valence-electron chi connectivity index (χ4n) is 5.38. The molecular weight excluding hydrogens is 428 g/mol. The molecule has 1 unspecified atom stereocenters. The maximum Gasteiger partial charge on any atom is 0.411 e. The van der Waals surface area contributed by atoms with Gasteiger partial charge in [-0.25, -0.2) is 4.79 Å². The summed E-state index contributed by atoms with van der Waals surface area (Å²) >= 11 is 0. The largest absolute Gasteiger partial charge is 0.497 e. The first kappa shape index (κ1) is 22.3. The summed E-state index contributed by atoms with van der Waals surface area (Å²) in [4.78, 5) is 26.5. The van der Waals surface area contributed by atoms with Crippen molar-refractivity contribution in [2.75, 3.05) is 20.2 Å². The van der Waals surface area contributed by atoms with Gasteiger partial charge in [0, 0.05) is 51.1 Å². The number of carbonyl (C=O) groups is 1. The molecule has 2 aliphatic heterocycles. The number of aromatic nitrogens is 2. The molecule has 1 atom stereocenters. The van der Waals surface area contributed by atoms with Crippen molar-refractivity contribution in [1.29, 1.82) is 0 Å². The zero-order valence-corrected chi connectivity index (χ0v) is 19.7. The number of hydrogen-bond acceptors (Lipinski definition) is 6. The second kappa shape index (κ2) is 9.06. The third-order valence-corrected chi connectivity index (χ3v) is 7.40. The highest BCUT2D eigenvalue weighted by Crippen LogP contribution is 2.52. The lowest BCUT2D eigenvalue weighted by atomic mass is 9.70. The van der Waals surface area contributed by atoms with Crippen LogP contribution in [0.1, 0.15) is 36.6 Å². The summed E-state index contributed by atoms with van der Waals surface area (Å²) in [7, 11) is 1.65. The molecule has 2 aliphatic rings. The normalized spacial score (nSPS) is 22.1. The summed E-state index contributed by atoms with van der Waals surface area (Å²) < 4.78 is 11.7. The summed E-state index contributed by atoms with van der Waals surface area (Å²) in [5.74, 6) is 0.769. The average molecular weight is 459 g/mol. The van der Waals surface area contributed by atoms with E-state index in [1.54, 1.807) is 13.3 Å². The van der Waals surface area contributed by atoms with Crippen LogP contribution in [0.3, 0.4) is 0 Å². The molecule has 7 nitrogen and oxygen atoms in total. The molecule has 1 aromatic carbocycles. The predicted molar refractivity (Wildman–Crippen MR) is 128 cm³/mol. The fraction of sp³-hybridized carbons (Fsp3) is 0.370. The van der Waals surface area contributed by atoms with Gasteiger partial charge in [-0.1, -0.05) is 24.3 Å². The van der Waals surface area contributed by atoms with E-state index in [2.05, 4.69) is 33.9 Å². The Bertz CT molecular complexity index is 1130. The molecular formula is C27H30N4O3. The Kier molecular flexibility index (Phi) is 5.96. The molecule has 1 spiro atoms. The van der Waals surface area contributed by atoms with E-state index in [1.807, 2.05) is 59.8 Å². The van der Waals surface area contributed by atoms with Crippen LogP contribution in [-0.4, -0.2) is 51.7 Å². The molecule has 2 aromatic heterocycles. The number of piperidine rings is 1. The van der Waals surface area contributed by atoms with Crippen molar-refractivity contribution >= 4 is 6.09 Å². The third kappa shape index (κ3) is 3.90. The van der Waals surface area contributed by atoms with Gasteiger partial charge >= 0.3 is 6.09 Å². The van der Waals surface area contributed by atoms with Gasteiger partial charge in [-0.05, 0) is 48.4 Å². The smallest absolute Gasteiger partial charge is 0.411 e. The number of ether oxygens (including phenoxy) is 2. The van der Waals surface area contributed by atoms with E-state index in [4.69, 9.17) is 9.47 Å². The molecule has 0 saturated carbocycles. The van der Waals surface area contributed by atoms with Crippen molar-refractivity contribution in [2.24, 2.45) is 0 Å². The summed E-state index contributed by atoms with van der Waals surface area (Å²) in [5.41, 5.74) is 1.75. The topological polar surface area (TPSA) is 67.8 Å². The van der Waals surface area contributed by atoms with E-state index in [0.29, 0.717) is 6.54 Å². The Morgan fingerprint density at radius 3 is 2.59 bits per heavy atom. The molecule has 2 fully saturated rings. The molecule has 176 valence electrons. The van der Waals surface area contributed by atoms with Crippen molar-refractivity contribution < 1.29 is 14.3 Å². The summed E-state index contributed by atoms with van der Waals surface area (Å²) in [6.45, 7) is 5.01. The molecule has 0 aliphatic carbocycles. The van der Waals surface area contributed by atoms with Crippen molar-refractivity contribution in [3.05, 3.63) is 90.0 Å². The Morgan fingerprint density at radius 1 is 1.03 bits per heavy atom. The molecule has 7 heteroatoms. The molecule has 1 amide bonds. The lowest BCUT2D eigenvalue weighted by Crippen LogP contribution is -2.58. The number of hydrogen-bond donors (Lipinski definition) is 0. The Labute approximate surface area is 200 Å². The standard InChI is InChI=1S/C27H30N4O3/c1-26(22-8-6-13-28-18-22)27(11-15-30(16-12-27)20-23-9-3-4-14-29-23)34-25(32)31(26)19-21-7-5-10-24(17-21)33-2/h3-10,13-14,17-18H,11-12,15-16,19-20H2,1-2H3. The van der Waals surface area contributed by atoms with Crippen molar-refractivity contribution in [3.63, 3.8) is 0 Å². The number of rotatable bonds is 6. The number of pyridine rings is 2. The molecule has 2 saturated heterocycles. The molecule has 0 N–H and O–H groups in total. The van der Waals surface area contributed by atoms with E-state index in [0.717, 1.165) is 55.0 Å². The van der Waals surface area contributed by atoms with Crippen molar-refractivity contribution in [1.82, 2.24) is 19.8 Å². The van der Waals surface area contributed by atoms with Crippen molar-refractivity contribution in [2.45, 2.75) is 44.0 Å². The third-order valence-electron chi connectivity index (χ3n) is 7.40. The van der Waals surface area contributed by atoms with Crippen LogP contribution < -0.4 is 4.74 Å². The van der Waals surface area contributed by atoms with Gasteiger partial charge in [0.05, 0.1) is 19.3 Å².